The molecule has 3 aromatic heterocycles. The Morgan fingerprint density at radius 1 is 1.33 bits per heavy atom. The molecule has 8 nitrogen and oxygen atoms in total. The Bertz CT molecular complexity index is 852. The molecule has 1 amide bonds. The summed E-state index contributed by atoms with van der Waals surface area (Å²) in [5.41, 5.74) is 0.186. The molecule has 0 aliphatic rings. The lowest BCUT2D eigenvalue weighted by atomic mass is 10.4. The molecule has 0 aliphatic heterocycles. The highest BCUT2D eigenvalue weighted by Crippen LogP contribution is 2.04. The molecule has 0 saturated carbocycles. The molecule has 0 fully saturated rings. The van der Waals surface area contributed by atoms with Crippen LogP contribution in [-0.2, 0) is 18.4 Å². The van der Waals surface area contributed by atoms with Gasteiger partial charge in [0.15, 0.2) is 5.65 Å². The summed E-state index contributed by atoms with van der Waals surface area (Å²) >= 11 is 0. The maximum atomic E-state index is 12.2. The average molecular weight is 284 g/mol. The number of nitrogens with zero attached hydrogens (tertiary/aromatic N) is 5. The first kappa shape index (κ1) is 13.0. The van der Waals surface area contributed by atoms with Gasteiger partial charge in [0.1, 0.15) is 24.1 Å². The van der Waals surface area contributed by atoms with Crippen LogP contribution in [-0.4, -0.2) is 30.2 Å². The molecule has 0 radical (unpaired) electrons. The summed E-state index contributed by atoms with van der Waals surface area (Å²) in [5.74, 6) is 0.0896. The Balaban J connectivity index is 1.83. The van der Waals surface area contributed by atoms with Crippen LogP contribution in [0, 0.1) is 0 Å². The minimum atomic E-state index is -0.346. The smallest absolute Gasteiger partial charge is 0.264 e. The third-order valence-electron chi connectivity index (χ3n) is 2.96. The van der Waals surface area contributed by atoms with Crippen LogP contribution in [0.2, 0.25) is 0 Å². The molecule has 21 heavy (non-hydrogen) atoms. The highest BCUT2D eigenvalue weighted by Gasteiger charge is 2.11. The van der Waals surface area contributed by atoms with E-state index in [1.54, 1.807) is 31.4 Å². The first-order valence-corrected chi connectivity index (χ1v) is 6.23. The maximum Gasteiger partial charge on any atom is 0.264 e. The van der Waals surface area contributed by atoms with Gasteiger partial charge >= 0.3 is 0 Å². The van der Waals surface area contributed by atoms with Gasteiger partial charge in [-0.05, 0) is 12.1 Å². The van der Waals surface area contributed by atoms with Crippen molar-refractivity contribution in [1.29, 1.82) is 0 Å². The minimum Gasteiger partial charge on any atom is -0.309 e. The van der Waals surface area contributed by atoms with Crippen LogP contribution >= 0.6 is 0 Å². The molecule has 106 valence electrons. The number of nitrogens with one attached hydrogen (secondary N) is 1. The molecule has 0 atom stereocenters. The van der Waals surface area contributed by atoms with E-state index in [-0.39, 0.29) is 18.0 Å². The molecule has 3 heterocycles. The number of amides is 1. The van der Waals surface area contributed by atoms with Crippen molar-refractivity contribution in [2.75, 3.05) is 5.32 Å². The summed E-state index contributed by atoms with van der Waals surface area (Å²) in [4.78, 5) is 32.2. The van der Waals surface area contributed by atoms with E-state index in [1.807, 2.05) is 0 Å². The lowest BCUT2D eigenvalue weighted by Gasteiger charge is -2.06. The monoisotopic (exact) mass is 284 g/mol. The van der Waals surface area contributed by atoms with Crippen molar-refractivity contribution in [1.82, 2.24) is 24.3 Å². The number of pyridine rings is 1. The van der Waals surface area contributed by atoms with E-state index >= 15 is 0 Å². The van der Waals surface area contributed by atoms with Crippen LogP contribution in [0.15, 0.2) is 41.7 Å². The highest BCUT2D eigenvalue weighted by molar-refractivity contribution is 5.89. The molecular weight excluding hydrogens is 272 g/mol. The second kappa shape index (κ2) is 5.16. The van der Waals surface area contributed by atoms with Crippen LogP contribution in [0.25, 0.3) is 11.0 Å². The Kier molecular flexibility index (Phi) is 3.19. The molecule has 0 unspecified atom stereocenters. The SMILES string of the molecule is Cn1ncc2c(=O)n(CC(=O)Nc3ccccn3)cnc21. The first-order valence-electron chi connectivity index (χ1n) is 6.23. The zero-order valence-corrected chi connectivity index (χ0v) is 11.2. The van der Waals surface area contributed by atoms with Gasteiger partial charge in [-0.2, -0.15) is 5.10 Å². The molecule has 3 rings (SSSR count). The quantitative estimate of drug-likeness (QED) is 0.739. The van der Waals surface area contributed by atoms with Crippen LogP contribution in [0.4, 0.5) is 5.82 Å². The molecule has 0 bridgehead atoms. The van der Waals surface area contributed by atoms with Gasteiger partial charge in [0.2, 0.25) is 5.91 Å². The molecule has 0 aliphatic carbocycles. The summed E-state index contributed by atoms with van der Waals surface area (Å²) in [7, 11) is 1.70. The van der Waals surface area contributed by atoms with E-state index in [1.165, 1.54) is 21.8 Å². The number of aryl methyl sites for hydroxylation is 1. The number of carbonyl (C=O) groups excluding carboxylic acids is 1. The van der Waals surface area contributed by atoms with Crippen molar-refractivity contribution in [3.8, 4) is 0 Å². The molecular formula is C13H12N6O2. The third kappa shape index (κ3) is 2.50. The second-order valence-electron chi connectivity index (χ2n) is 4.45. The van der Waals surface area contributed by atoms with Crippen molar-refractivity contribution in [3.05, 3.63) is 47.3 Å². The normalized spacial score (nSPS) is 10.7. The van der Waals surface area contributed by atoms with Gasteiger partial charge in [-0.25, -0.2) is 9.97 Å². The zero-order chi connectivity index (χ0) is 14.8. The van der Waals surface area contributed by atoms with Crippen LogP contribution in [0.5, 0.6) is 0 Å². The second-order valence-corrected chi connectivity index (χ2v) is 4.45. The van der Waals surface area contributed by atoms with Gasteiger partial charge in [0.25, 0.3) is 5.56 Å². The first-order chi connectivity index (χ1) is 10.1. The Hall–Kier alpha value is -3.03. The van der Waals surface area contributed by atoms with Gasteiger partial charge in [-0.15, -0.1) is 0 Å². The average Bonchev–Trinajstić information content (AvgIpc) is 2.85. The van der Waals surface area contributed by atoms with Crippen molar-refractivity contribution in [3.63, 3.8) is 0 Å². The fourth-order valence-corrected chi connectivity index (χ4v) is 1.95. The standard InChI is InChI=1S/C13H12N6O2/c1-18-12-9(6-16-18)13(21)19(8-15-12)7-11(20)17-10-4-2-3-5-14-10/h2-6,8H,7H2,1H3,(H,14,17,20). The largest absolute Gasteiger partial charge is 0.309 e. The van der Waals surface area contributed by atoms with Crippen LogP contribution in [0.3, 0.4) is 0 Å². The van der Waals surface area contributed by atoms with Crippen LogP contribution < -0.4 is 10.9 Å². The summed E-state index contributed by atoms with van der Waals surface area (Å²) < 4.78 is 2.75. The molecule has 0 saturated heterocycles. The van der Waals surface area contributed by atoms with Crippen molar-refractivity contribution in [2.45, 2.75) is 6.54 Å². The lowest BCUT2D eigenvalue weighted by Crippen LogP contribution is -2.28. The summed E-state index contributed by atoms with van der Waals surface area (Å²) in [6, 6.07) is 5.18. The Morgan fingerprint density at radius 2 is 2.19 bits per heavy atom. The summed E-state index contributed by atoms with van der Waals surface area (Å²) in [5, 5.41) is 6.97. The summed E-state index contributed by atoms with van der Waals surface area (Å²) in [6.07, 6.45) is 4.35. The molecule has 3 aromatic rings. The number of hydrogen-bond donors (Lipinski definition) is 1. The number of fused-ring (bicyclic) bond motifs is 1. The number of aromatic nitrogens is 5. The van der Waals surface area contributed by atoms with Gasteiger partial charge in [0.05, 0.1) is 6.20 Å². The number of rotatable bonds is 3. The number of carbonyl (C=O) groups is 1. The fraction of sp³-hybridized carbons (Fsp3) is 0.154. The third-order valence-corrected chi connectivity index (χ3v) is 2.96. The molecule has 8 heteroatoms. The van der Waals surface area contributed by atoms with Gasteiger partial charge in [0, 0.05) is 13.2 Å². The molecule has 0 aromatic carbocycles. The van der Waals surface area contributed by atoms with E-state index < -0.39 is 0 Å². The molecule has 1 N–H and O–H groups in total. The Labute approximate surface area is 119 Å². The highest BCUT2D eigenvalue weighted by atomic mass is 16.2. The topological polar surface area (TPSA) is 94.7 Å². The van der Waals surface area contributed by atoms with Gasteiger partial charge in [-0.1, -0.05) is 6.07 Å². The maximum absolute atomic E-state index is 12.2. The van der Waals surface area contributed by atoms with E-state index in [9.17, 15) is 9.59 Å². The van der Waals surface area contributed by atoms with E-state index in [0.29, 0.717) is 16.9 Å². The van der Waals surface area contributed by atoms with Gasteiger partial charge in [-0.3, -0.25) is 18.8 Å². The molecule has 0 spiro atoms. The van der Waals surface area contributed by atoms with E-state index in [2.05, 4.69) is 20.4 Å². The summed E-state index contributed by atoms with van der Waals surface area (Å²) in [6.45, 7) is -0.132. The predicted octanol–water partition coefficient (Wildman–Crippen LogP) is 0.164. The van der Waals surface area contributed by atoms with E-state index in [0.717, 1.165) is 0 Å². The van der Waals surface area contributed by atoms with Crippen molar-refractivity contribution >= 4 is 22.8 Å². The lowest BCUT2D eigenvalue weighted by molar-refractivity contribution is -0.116. The number of anilines is 1. The van der Waals surface area contributed by atoms with Crippen LogP contribution in [0.1, 0.15) is 0 Å². The van der Waals surface area contributed by atoms with Gasteiger partial charge < -0.3 is 5.32 Å². The Morgan fingerprint density at radius 3 is 2.95 bits per heavy atom. The minimum absolute atomic E-state index is 0.132. The predicted molar refractivity (Wildman–Crippen MR) is 75.6 cm³/mol. The van der Waals surface area contributed by atoms with Crippen molar-refractivity contribution in [2.24, 2.45) is 7.05 Å². The fourth-order valence-electron chi connectivity index (χ4n) is 1.95. The zero-order valence-electron chi connectivity index (χ0n) is 11.2. The number of hydrogen-bond acceptors (Lipinski definition) is 5. The van der Waals surface area contributed by atoms with Crippen molar-refractivity contribution < 1.29 is 4.79 Å². The van der Waals surface area contributed by atoms with E-state index in [4.69, 9.17) is 0 Å².